The van der Waals surface area contributed by atoms with Gasteiger partial charge in [0.25, 0.3) is 5.91 Å². The van der Waals surface area contributed by atoms with E-state index in [4.69, 9.17) is 0 Å². The highest BCUT2D eigenvalue weighted by Gasteiger charge is 2.25. The summed E-state index contributed by atoms with van der Waals surface area (Å²) in [5, 5.41) is 8.78. The van der Waals surface area contributed by atoms with E-state index in [-0.39, 0.29) is 5.91 Å². The minimum absolute atomic E-state index is 0.0570. The number of aromatic nitrogens is 2. The van der Waals surface area contributed by atoms with Crippen molar-refractivity contribution >= 4 is 33.3 Å². The highest BCUT2D eigenvalue weighted by Crippen LogP contribution is 2.33. The number of carbonyl (C=O) groups is 1. The van der Waals surface area contributed by atoms with Crippen molar-refractivity contribution in [1.29, 1.82) is 0 Å². The van der Waals surface area contributed by atoms with Gasteiger partial charge in [0.05, 0.1) is 10.2 Å². The largest absolute Gasteiger partial charge is 0.366 e. The number of nitrogens with one attached hydrogen (secondary N) is 2. The fraction of sp³-hybridized carbons (Fsp3) is 0.381. The zero-order valence-electron chi connectivity index (χ0n) is 15.1. The molecule has 0 bridgehead atoms. The molecule has 27 heavy (non-hydrogen) atoms. The summed E-state index contributed by atoms with van der Waals surface area (Å²) >= 11 is 1.71. The Kier molecular flexibility index (Phi) is 4.28. The third-order valence-corrected chi connectivity index (χ3v) is 6.21. The smallest absolute Gasteiger partial charge is 0.251 e. The van der Waals surface area contributed by atoms with Crippen molar-refractivity contribution in [3.8, 4) is 0 Å². The number of aryl methyl sites for hydroxylation is 2. The summed E-state index contributed by atoms with van der Waals surface area (Å²) in [4.78, 5) is 21.5. The van der Waals surface area contributed by atoms with Gasteiger partial charge in [-0.1, -0.05) is 18.2 Å². The van der Waals surface area contributed by atoms with Gasteiger partial charge >= 0.3 is 0 Å². The van der Waals surface area contributed by atoms with Crippen LogP contribution in [0.1, 0.15) is 47.2 Å². The fourth-order valence-corrected chi connectivity index (χ4v) is 4.33. The van der Waals surface area contributed by atoms with Gasteiger partial charge in [-0.2, -0.15) is 0 Å². The monoisotopic (exact) mass is 378 g/mol. The predicted octanol–water partition coefficient (Wildman–Crippen LogP) is 3.94. The van der Waals surface area contributed by atoms with Crippen molar-refractivity contribution in [3.63, 3.8) is 0 Å². The molecular weight excluding hydrogens is 356 g/mol. The van der Waals surface area contributed by atoms with Crippen LogP contribution >= 0.6 is 11.3 Å². The van der Waals surface area contributed by atoms with Crippen LogP contribution in [0.3, 0.4) is 0 Å². The molecule has 1 aromatic carbocycles. The first-order valence-corrected chi connectivity index (χ1v) is 10.5. The molecule has 2 saturated carbocycles. The van der Waals surface area contributed by atoms with Crippen molar-refractivity contribution in [2.45, 2.75) is 50.6 Å². The van der Waals surface area contributed by atoms with E-state index in [2.05, 4.69) is 32.0 Å². The number of fused-ring (bicyclic) bond motifs is 1. The second kappa shape index (κ2) is 6.93. The molecule has 0 saturated heterocycles. The van der Waals surface area contributed by atoms with Crippen molar-refractivity contribution in [1.82, 2.24) is 15.3 Å². The molecule has 2 aliphatic carbocycles. The van der Waals surface area contributed by atoms with Crippen molar-refractivity contribution in [2.24, 2.45) is 0 Å². The minimum Gasteiger partial charge on any atom is -0.366 e. The number of hydrogen-bond acceptors (Lipinski definition) is 5. The summed E-state index contributed by atoms with van der Waals surface area (Å²) in [6.45, 7) is 0. The molecule has 2 heterocycles. The van der Waals surface area contributed by atoms with Gasteiger partial charge in [-0.25, -0.2) is 9.97 Å². The quantitative estimate of drug-likeness (QED) is 0.653. The van der Waals surface area contributed by atoms with Crippen LogP contribution in [0, 0.1) is 0 Å². The number of anilines is 1. The summed E-state index contributed by atoms with van der Waals surface area (Å²) in [6, 6.07) is 8.89. The maximum atomic E-state index is 12.5. The third-order valence-electron chi connectivity index (χ3n) is 5.18. The summed E-state index contributed by atoms with van der Waals surface area (Å²) in [5.74, 6) is 1.02. The van der Waals surface area contributed by atoms with Crippen LogP contribution in [0.2, 0.25) is 0 Å². The Balaban J connectivity index is 1.35. The van der Waals surface area contributed by atoms with E-state index in [9.17, 15) is 4.79 Å². The van der Waals surface area contributed by atoms with Crippen LogP contribution < -0.4 is 10.6 Å². The van der Waals surface area contributed by atoms with Gasteiger partial charge in [-0.05, 0) is 61.1 Å². The standard InChI is InChI=1S/C21H22N4OS/c26-21(25-16-9-10-16)17-4-2-1-3-13(17)5-6-14-11-27-19-18(14)22-12-23-20(19)24-15-7-8-15/h1-4,11-12,15-16H,5-10H2,(H,25,26)(H,22,23,24). The topological polar surface area (TPSA) is 66.9 Å². The van der Waals surface area contributed by atoms with Gasteiger partial charge in [0.2, 0.25) is 0 Å². The van der Waals surface area contributed by atoms with Gasteiger partial charge < -0.3 is 10.6 Å². The van der Waals surface area contributed by atoms with E-state index < -0.39 is 0 Å². The average Bonchev–Trinajstić information content (AvgIpc) is 3.61. The Hall–Kier alpha value is -2.47. The number of rotatable bonds is 7. The van der Waals surface area contributed by atoms with Gasteiger partial charge in [0, 0.05) is 17.6 Å². The Morgan fingerprint density at radius 3 is 2.63 bits per heavy atom. The summed E-state index contributed by atoms with van der Waals surface area (Å²) in [6.07, 6.45) is 8.01. The SMILES string of the molecule is O=C(NC1CC1)c1ccccc1CCc1csc2c(NC3CC3)ncnc12. The summed E-state index contributed by atoms with van der Waals surface area (Å²) < 4.78 is 1.14. The molecule has 0 unspecified atom stereocenters. The molecule has 138 valence electrons. The fourth-order valence-electron chi connectivity index (χ4n) is 3.32. The minimum atomic E-state index is 0.0570. The van der Waals surface area contributed by atoms with Crippen molar-refractivity contribution < 1.29 is 4.79 Å². The molecule has 5 nitrogen and oxygen atoms in total. The molecule has 2 aliphatic rings. The Morgan fingerprint density at radius 1 is 1.04 bits per heavy atom. The lowest BCUT2D eigenvalue weighted by Gasteiger charge is -2.09. The molecule has 0 spiro atoms. The number of thiophene rings is 1. The number of amides is 1. The zero-order valence-corrected chi connectivity index (χ0v) is 15.9. The second-order valence-electron chi connectivity index (χ2n) is 7.48. The van der Waals surface area contributed by atoms with Crippen LogP contribution in [-0.4, -0.2) is 28.0 Å². The molecule has 0 aliphatic heterocycles. The maximum Gasteiger partial charge on any atom is 0.251 e. The first kappa shape index (κ1) is 16.7. The van der Waals surface area contributed by atoms with Crippen molar-refractivity contribution in [3.05, 3.63) is 52.7 Å². The van der Waals surface area contributed by atoms with Crippen LogP contribution in [0.25, 0.3) is 10.2 Å². The Morgan fingerprint density at radius 2 is 1.81 bits per heavy atom. The van der Waals surface area contributed by atoms with Crippen LogP contribution in [-0.2, 0) is 12.8 Å². The van der Waals surface area contributed by atoms with E-state index in [1.165, 1.54) is 18.4 Å². The molecular formula is C21H22N4OS. The molecule has 0 atom stereocenters. The first-order chi connectivity index (χ1) is 13.3. The lowest BCUT2D eigenvalue weighted by atomic mass is 10.00. The highest BCUT2D eigenvalue weighted by atomic mass is 32.1. The van der Waals surface area contributed by atoms with E-state index in [0.717, 1.165) is 52.8 Å². The molecule has 1 amide bonds. The number of carbonyl (C=O) groups excluding carboxylic acids is 1. The van der Waals surface area contributed by atoms with Gasteiger partial charge in [0.15, 0.2) is 0 Å². The molecule has 5 rings (SSSR count). The molecule has 3 aromatic rings. The summed E-state index contributed by atoms with van der Waals surface area (Å²) in [5.41, 5.74) is 4.17. The molecule has 6 heteroatoms. The van der Waals surface area contributed by atoms with Gasteiger partial charge in [-0.3, -0.25) is 4.79 Å². The first-order valence-electron chi connectivity index (χ1n) is 9.64. The Labute approximate surface area is 162 Å². The zero-order chi connectivity index (χ0) is 18.2. The van der Waals surface area contributed by atoms with Gasteiger partial charge in [-0.15, -0.1) is 11.3 Å². The molecule has 2 fully saturated rings. The molecule has 2 aromatic heterocycles. The average molecular weight is 379 g/mol. The second-order valence-corrected chi connectivity index (χ2v) is 8.36. The third kappa shape index (κ3) is 3.67. The van der Waals surface area contributed by atoms with E-state index in [1.807, 2.05) is 18.2 Å². The van der Waals surface area contributed by atoms with Crippen LogP contribution in [0.4, 0.5) is 5.82 Å². The normalized spacial score (nSPS) is 16.4. The van der Waals surface area contributed by atoms with E-state index in [1.54, 1.807) is 17.7 Å². The van der Waals surface area contributed by atoms with E-state index in [0.29, 0.717) is 12.1 Å². The maximum absolute atomic E-state index is 12.5. The highest BCUT2D eigenvalue weighted by molar-refractivity contribution is 7.18. The molecule has 0 radical (unpaired) electrons. The molecule has 2 N–H and O–H groups in total. The van der Waals surface area contributed by atoms with Crippen LogP contribution in [0.5, 0.6) is 0 Å². The number of benzene rings is 1. The van der Waals surface area contributed by atoms with Gasteiger partial charge in [0.1, 0.15) is 12.1 Å². The lowest BCUT2D eigenvalue weighted by Crippen LogP contribution is -2.26. The van der Waals surface area contributed by atoms with E-state index >= 15 is 0 Å². The van der Waals surface area contributed by atoms with Crippen molar-refractivity contribution in [2.75, 3.05) is 5.32 Å². The number of hydrogen-bond donors (Lipinski definition) is 2. The predicted molar refractivity (Wildman–Crippen MR) is 108 cm³/mol. The summed E-state index contributed by atoms with van der Waals surface area (Å²) in [7, 11) is 0. The van der Waals surface area contributed by atoms with Crippen LogP contribution in [0.15, 0.2) is 36.0 Å². The lowest BCUT2D eigenvalue weighted by molar-refractivity contribution is 0.0950. The number of nitrogens with zero attached hydrogens (tertiary/aromatic N) is 2. The Bertz CT molecular complexity index is 991.